The van der Waals surface area contributed by atoms with Crippen LogP contribution in [0.1, 0.15) is 6.92 Å². The highest BCUT2D eigenvalue weighted by Crippen LogP contribution is 2.33. The van der Waals surface area contributed by atoms with Gasteiger partial charge in [-0.3, -0.25) is 0 Å². The number of hydrogen-bond acceptors (Lipinski definition) is 4. The molecule has 4 heteroatoms. The summed E-state index contributed by atoms with van der Waals surface area (Å²) in [6.45, 7) is 2.14. The van der Waals surface area contributed by atoms with E-state index in [0.29, 0.717) is 6.17 Å². The van der Waals surface area contributed by atoms with E-state index in [1.165, 1.54) is 0 Å². The Morgan fingerprint density at radius 2 is 2.08 bits per heavy atom. The first-order valence-electron chi connectivity index (χ1n) is 3.97. The van der Waals surface area contributed by atoms with Crippen molar-refractivity contribution < 1.29 is 0 Å². The van der Waals surface area contributed by atoms with Gasteiger partial charge in [-0.2, -0.15) is 0 Å². The van der Waals surface area contributed by atoms with Crippen molar-refractivity contribution in [1.29, 1.82) is 0 Å². The maximum atomic E-state index is 4.21. The first-order valence-corrected chi connectivity index (χ1v) is 3.97. The van der Waals surface area contributed by atoms with Gasteiger partial charge < -0.3 is 9.80 Å². The molecule has 0 saturated carbocycles. The van der Waals surface area contributed by atoms with Gasteiger partial charge >= 0.3 is 0 Å². The average Bonchev–Trinajstić information content (AvgIpc) is 2.33. The summed E-state index contributed by atoms with van der Waals surface area (Å²) in [5, 5.41) is 0. The van der Waals surface area contributed by atoms with E-state index in [0.717, 1.165) is 11.5 Å². The van der Waals surface area contributed by atoms with Crippen LogP contribution in [0.15, 0.2) is 12.5 Å². The van der Waals surface area contributed by atoms with E-state index >= 15 is 0 Å². The fourth-order valence-corrected chi connectivity index (χ4v) is 1.47. The molecule has 0 fully saturated rings. The standard InChI is InChI=1S/C8H12N4/c1-6-11(2)7-4-9-5-10-8(7)12(6)3/h4-6H,1-3H3. The van der Waals surface area contributed by atoms with E-state index in [4.69, 9.17) is 0 Å². The lowest BCUT2D eigenvalue weighted by Gasteiger charge is -2.22. The number of anilines is 2. The lowest BCUT2D eigenvalue weighted by Crippen LogP contribution is -2.35. The highest BCUT2D eigenvalue weighted by molar-refractivity contribution is 5.71. The van der Waals surface area contributed by atoms with E-state index < -0.39 is 0 Å². The second-order valence-electron chi connectivity index (χ2n) is 3.09. The monoisotopic (exact) mass is 164 g/mol. The Balaban J connectivity index is 2.52. The van der Waals surface area contributed by atoms with Gasteiger partial charge in [-0.25, -0.2) is 9.97 Å². The minimum atomic E-state index is 0.372. The minimum absolute atomic E-state index is 0.372. The normalized spacial score (nSPS) is 21.4. The molecule has 0 aromatic carbocycles. The molecule has 4 nitrogen and oxygen atoms in total. The van der Waals surface area contributed by atoms with Crippen LogP contribution in [0.4, 0.5) is 11.5 Å². The largest absolute Gasteiger partial charge is 0.350 e. The summed E-state index contributed by atoms with van der Waals surface area (Å²) in [5.74, 6) is 1.01. The molecule has 1 aromatic heterocycles. The molecule has 1 unspecified atom stereocenters. The van der Waals surface area contributed by atoms with Crippen LogP contribution >= 0.6 is 0 Å². The summed E-state index contributed by atoms with van der Waals surface area (Å²) >= 11 is 0. The van der Waals surface area contributed by atoms with Crippen LogP contribution in [0.3, 0.4) is 0 Å². The highest BCUT2D eigenvalue weighted by atomic mass is 15.4. The van der Waals surface area contributed by atoms with Crippen LogP contribution in [-0.4, -0.2) is 30.2 Å². The molecule has 12 heavy (non-hydrogen) atoms. The Labute approximate surface area is 71.8 Å². The molecular formula is C8H12N4. The third-order valence-corrected chi connectivity index (χ3v) is 2.51. The third-order valence-electron chi connectivity index (χ3n) is 2.51. The molecule has 0 spiro atoms. The van der Waals surface area contributed by atoms with Crippen molar-refractivity contribution in [3.63, 3.8) is 0 Å². The van der Waals surface area contributed by atoms with Crippen molar-refractivity contribution in [1.82, 2.24) is 9.97 Å². The molecule has 2 heterocycles. The second-order valence-corrected chi connectivity index (χ2v) is 3.09. The van der Waals surface area contributed by atoms with Crippen LogP contribution < -0.4 is 9.80 Å². The maximum Gasteiger partial charge on any atom is 0.157 e. The molecule has 2 rings (SSSR count). The van der Waals surface area contributed by atoms with Crippen LogP contribution in [0.5, 0.6) is 0 Å². The van der Waals surface area contributed by atoms with Gasteiger partial charge in [0.2, 0.25) is 0 Å². The fourth-order valence-electron chi connectivity index (χ4n) is 1.47. The SMILES string of the molecule is CC1N(C)c2cncnc2N1C. The smallest absolute Gasteiger partial charge is 0.157 e. The second kappa shape index (κ2) is 2.33. The fraction of sp³-hybridized carbons (Fsp3) is 0.500. The Morgan fingerprint density at radius 1 is 1.33 bits per heavy atom. The number of rotatable bonds is 0. The lowest BCUT2D eigenvalue weighted by atomic mass is 10.5. The van der Waals surface area contributed by atoms with Crippen LogP contribution in [0.2, 0.25) is 0 Å². The van der Waals surface area contributed by atoms with E-state index in [2.05, 4.69) is 33.7 Å². The van der Waals surface area contributed by atoms with E-state index in [1.54, 1.807) is 6.33 Å². The molecule has 0 bridgehead atoms. The summed E-state index contributed by atoms with van der Waals surface area (Å²) in [4.78, 5) is 12.5. The zero-order valence-electron chi connectivity index (χ0n) is 7.52. The van der Waals surface area contributed by atoms with Crippen molar-refractivity contribution in [2.75, 3.05) is 23.9 Å². The Kier molecular flexibility index (Phi) is 1.43. The Bertz CT molecular complexity index is 270. The summed E-state index contributed by atoms with van der Waals surface area (Å²) in [5.41, 5.74) is 1.10. The van der Waals surface area contributed by atoms with E-state index in [9.17, 15) is 0 Å². The average molecular weight is 164 g/mol. The quantitative estimate of drug-likeness (QED) is 0.565. The molecule has 1 aromatic rings. The Hall–Kier alpha value is -1.32. The summed E-state index contributed by atoms with van der Waals surface area (Å²) in [7, 11) is 4.09. The van der Waals surface area contributed by atoms with Crippen molar-refractivity contribution in [3.05, 3.63) is 12.5 Å². The first-order chi connectivity index (χ1) is 5.72. The topological polar surface area (TPSA) is 32.3 Å². The number of nitrogens with zero attached hydrogens (tertiary/aromatic N) is 4. The van der Waals surface area contributed by atoms with Gasteiger partial charge in [0.15, 0.2) is 5.82 Å². The molecule has 0 saturated heterocycles. The van der Waals surface area contributed by atoms with Gasteiger partial charge in [-0.15, -0.1) is 0 Å². The molecule has 0 amide bonds. The van der Waals surface area contributed by atoms with Gasteiger partial charge in [0, 0.05) is 14.1 Å². The van der Waals surface area contributed by atoms with Crippen LogP contribution in [-0.2, 0) is 0 Å². The predicted octanol–water partition coefficient (Wildman–Crippen LogP) is 0.709. The first kappa shape index (κ1) is 7.34. The number of aromatic nitrogens is 2. The van der Waals surface area contributed by atoms with Crippen molar-refractivity contribution in [2.24, 2.45) is 0 Å². The van der Waals surface area contributed by atoms with Crippen LogP contribution in [0.25, 0.3) is 0 Å². The molecule has 0 radical (unpaired) electrons. The molecule has 1 aliphatic heterocycles. The van der Waals surface area contributed by atoms with Crippen LogP contribution in [0, 0.1) is 0 Å². The summed E-state index contributed by atoms with van der Waals surface area (Å²) in [6, 6.07) is 0. The third kappa shape index (κ3) is 0.776. The lowest BCUT2D eigenvalue weighted by molar-refractivity contribution is 0.706. The molecule has 1 aliphatic rings. The minimum Gasteiger partial charge on any atom is -0.350 e. The van der Waals surface area contributed by atoms with Crippen molar-refractivity contribution >= 4 is 11.5 Å². The zero-order chi connectivity index (χ0) is 8.72. The zero-order valence-corrected chi connectivity index (χ0v) is 7.52. The van der Waals surface area contributed by atoms with Gasteiger partial charge in [0.25, 0.3) is 0 Å². The van der Waals surface area contributed by atoms with Gasteiger partial charge in [0.1, 0.15) is 6.33 Å². The van der Waals surface area contributed by atoms with Crippen molar-refractivity contribution in [2.45, 2.75) is 13.1 Å². The Morgan fingerprint density at radius 3 is 2.75 bits per heavy atom. The molecule has 0 N–H and O–H groups in total. The molecule has 64 valence electrons. The highest BCUT2D eigenvalue weighted by Gasteiger charge is 2.28. The van der Waals surface area contributed by atoms with Gasteiger partial charge in [0.05, 0.1) is 18.1 Å². The molecule has 0 aliphatic carbocycles. The molecule has 1 atom stereocenters. The molecular weight excluding hydrogens is 152 g/mol. The van der Waals surface area contributed by atoms with Crippen molar-refractivity contribution in [3.8, 4) is 0 Å². The number of hydrogen-bond donors (Lipinski definition) is 0. The van der Waals surface area contributed by atoms with Gasteiger partial charge in [-0.1, -0.05) is 0 Å². The van der Waals surface area contributed by atoms with E-state index in [1.807, 2.05) is 13.2 Å². The predicted molar refractivity (Wildman–Crippen MR) is 48.3 cm³/mol. The summed E-state index contributed by atoms with van der Waals surface area (Å²) < 4.78 is 0. The van der Waals surface area contributed by atoms with Gasteiger partial charge in [-0.05, 0) is 6.92 Å². The number of fused-ring (bicyclic) bond motifs is 1. The maximum absolute atomic E-state index is 4.21. The van der Waals surface area contributed by atoms with E-state index in [-0.39, 0.29) is 0 Å². The summed E-state index contributed by atoms with van der Waals surface area (Å²) in [6.07, 6.45) is 3.81.